The number of pyridine rings is 1. The van der Waals surface area contributed by atoms with Gasteiger partial charge in [0.25, 0.3) is 5.56 Å². The van der Waals surface area contributed by atoms with Crippen LogP contribution in [-0.4, -0.2) is 34.8 Å². The van der Waals surface area contributed by atoms with E-state index < -0.39 is 0 Å². The first-order chi connectivity index (χ1) is 15.1. The number of hydrogen-bond donors (Lipinski definition) is 0. The molecular weight excluding hydrogens is 400 g/mol. The van der Waals surface area contributed by atoms with E-state index in [0.717, 1.165) is 38.2 Å². The molecule has 5 aromatic rings. The van der Waals surface area contributed by atoms with E-state index in [1.807, 2.05) is 70.2 Å². The predicted molar refractivity (Wildman–Crippen MR) is 132 cm³/mol. The van der Waals surface area contributed by atoms with Crippen LogP contribution in [0.15, 0.2) is 59.4 Å². The van der Waals surface area contributed by atoms with Gasteiger partial charge in [0.05, 0.1) is 22.2 Å². The van der Waals surface area contributed by atoms with E-state index in [4.69, 9.17) is 14.5 Å². The highest BCUT2D eigenvalue weighted by molar-refractivity contribution is 6.16. The molecule has 0 bridgehead atoms. The number of para-hydroxylation sites is 2. The number of aromatic nitrogens is 2. The lowest BCUT2D eigenvalue weighted by molar-refractivity contribution is -0.147. The third-order valence-electron chi connectivity index (χ3n) is 6.96. The minimum atomic E-state index is -0.234. The Labute approximate surface area is 187 Å². The first-order valence-corrected chi connectivity index (χ1v) is 10.8. The van der Waals surface area contributed by atoms with Crippen LogP contribution in [0.4, 0.5) is 0 Å². The number of fused-ring (bicyclic) bond motifs is 4. The van der Waals surface area contributed by atoms with Crippen molar-refractivity contribution >= 4 is 38.2 Å². The van der Waals surface area contributed by atoms with Gasteiger partial charge in [-0.05, 0) is 63.8 Å². The van der Waals surface area contributed by atoms with Gasteiger partial charge in [0.15, 0.2) is 0 Å². The van der Waals surface area contributed by atoms with Crippen molar-refractivity contribution < 1.29 is 9.47 Å². The maximum Gasteiger partial charge on any atom is 0.264 e. The summed E-state index contributed by atoms with van der Waals surface area (Å²) in [4.78, 5) is 17.7. The number of ether oxygens (including phenoxy) is 2. The zero-order chi connectivity index (χ0) is 23.3. The minimum Gasteiger partial charge on any atom is -0.376 e. The molecule has 2 aromatic heterocycles. The van der Waals surface area contributed by atoms with E-state index in [2.05, 4.69) is 19.1 Å². The molecule has 0 aliphatic heterocycles. The molecule has 32 heavy (non-hydrogen) atoms. The van der Waals surface area contributed by atoms with Crippen LogP contribution in [-0.2, 0) is 9.47 Å². The number of rotatable bonds is 3. The summed E-state index contributed by atoms with van der Waals surface area (Å²) in [5.74, 6) is 0. The third-order valence-corrected chi connectivity index (χ3v) is 6.96. The number of aryl methyl sites for hydroxylation is 1. The Morgan fingerprint density at radius 3 is 2.06 bits per heavy atom. The fourth-order valence-corrected chi connectivity index (χ4v) is 3.94. The van der Waals surface area contributed by atoms with Crippen molar-refractivity contribution in [2.75, 3.05) is 14.2 Å². The van der Waals surface area contributed by atoms with Gasteiger partial charge >= 0.3 is 0 Å². The van der Waals surface area contributed by atoms with Crippen LogP contribution in [0.1, 0.15) is 33.3 Å². The smallest absolute Gasteiger partial charge is 0.264 e. The van der Waals surface area contributed by atoms with E-state index in [1.165, 1.54) is 5.56 Å². The SMILES string of the molecule is COC(C)(C)C(C)(C)OC.Cc1ccc2c(=O)n3c4ccccc4nc3c3cccc1c23. The molecule has 3 aromatic carbocycles. The van der Waals surface area contributed by atoms with Crippen molar-refractivity contribution in [1.82, 2.24) is 9.38 Å². The van der Waals surface area contributed by atoms with Crippen LogP contribution >= 0.6 is 0 Å². The maximum absolute atomic E-state index is 13.0. The molecule has 166 valence electrons. The third kappa shape index (κ3) is 3.33. The Morgan fingerprint density at radius 2 is 1.41 bits per heavy atom. The first-order valence-electron chi connectivity index (χ1n) is 10.8. The monoisotopic (exact) mass is 430 g/mol. The zero-order valence-electron chi connectivity index (χ0n) is 19.8. The highest BCUT2D eigenvalue weighted by Gasteiger charge is 2.36. The second-order valence-electron chi connectivity index (χ2n) is 9.15. The molecule has 5 heteroatoms. The van der Waals surface area contributed by atoms with Crippen LogP contribution in [0, 0.1) is 6.92 Å². The highest BCUT2D eigenvalue weighted by Crippen LogP contribution is 2.31. The molecular formula is C27H30N2O3. The van der Waals surface area contributed by atoms with Gasteiger partial charge < -0.3 is 9.47 Å². The van der Waals surface area contributed by atoms with Crippen molar-refractivity contribution in [3.05, 3.63) is 70.5 Å². The van der Waals surface area contributed by atoms with Gasteiger partial charge in [-0.3, -0.25) is 9.20 Å². The molecule has 0 saturated heterocycles. The molecule has 0 spiro atoms. The number of benzene rings is 3. The van der Waals surface area contributed by atoms with Crippen LogP contribution in [0.5, 0.6) is 0 Å². The molecule has 0 aliphatic rings. The molecule has 0 aliphatic carbocycles. The average Bonchev–Trinajstić information content (AvgIpc) is 3.18. The predicted octanol–water partition coefficient (Wildman–Crippen LogP) is 5.74. The Morgan fingerprint density at radius 1 is 0.781 bits per heavy atom. The molecule has 2 heterocycles. The van der Waals surface area contributed by atoms with Gasteiger partial charge in [0.1, 0.15) is 5.65 Å². The van der Waals surface area contributed by atoms with Crippen LogP contribution < -0.4 is 5.56 Å². The second kappa shape index (κ2) is 7.84. The molecule has 5 nitrogen and oxygen atoms in total. The molecule has 0 fully saturated rings. The molecule has 0 amide bonds. The number of hydrogen-bond acceptors (Lipinski definition) is 4. The normalized spacial score (nSPS) is 12.6. The maximum atomic E-state index is 13.0. The number of imidazole rings is 1. The quantitative estimate of drug-likeness (QED) is 0.366. The summed E-state index contributed by atoms with van der Waals surface area (Å²) in [6.07, 6.45) is 0. The van der Waals surface area contributed by atoms with Crippen molar-refractivity contribution in [2.24, 2.45) is 0 Å². The lowest BCUT2D eigenvalue weighted by Crippen LogP contribution is -2.48. The summed E-state index contributed by atoms with van der Waals surface area (Å²) >= 11 is 0. The second-order valence-corrected chi connectivity index (χ2v) is 9.15. The summed E-state index contributed by atoms with van der Waals surface area (Å²) < 4.78 is 12.3. The first kappa shape index (κ1) is 22.2. The Bertz CT molecular complexity index is 1470. The standard InChI is InChI=1S/C19H12N2O.C8H18O2/c1-11-9-10-14-17-12(11)5-4-6-13(17)18-20-15-7-2-3-8-16(15)21(18)19(14)22;1-7(2,9-5)8(3,4)10-6/h2-10H,1H3;1-6H3. The van der Waals surface area contributed by atoms with Gasteiger partial charge in [-0.25, -0.2) is 4.98 Å². The Balaban J connectivity index is 0.000000211. The van der Waals surface area contributed by atoms with E-state index in [0.29, 0.717) is 0 Å². The van der Waals surface area contributed by atoms with Crippen LogP contribution in [0.2, 0.25) is 0 Å². The lowest BCUT2D eigenvalue weighted by Gasteiger charge is -2.38. The Hall–Kier alpha value is -3.02. The van der Waals surface area contributed by atoms with Gasteiger partial charge in [0.2, 0.25) is 0 Å². The van der Waals surface area contributed by atoms with Crippen molar-refractivity contribution in [3.8, 4) is 0 Å². The Kier molecular flexibility index (Phi) is 5.43. The molecule has 0 saturated carbocycles. The molecule has 0 radical (unpaired) electrons. The van der Waals surface area contributed by atoms with Gasteiger partial charge in [-0.1, -0.05) is 36.4 Å². The summed E-state index contributed by atoms with van der Waals surface area (Å²) in [5.41, 5.74) is 3.18. The fourth-order valence-electron chi connectivity index (χ4n) is 3.94. The van der Waals surface area contributed by atoms with E-state index in [1.54, 1.807) is 18.6 Å². The topological polar surface area (TPSA) is 52.8 Å². The van der Waals surface area contributed by atoms with E-state index >= 15 is 0 Å². The summed E-state index contributed by atoms with van der Waals surface area (Å²) in [7, 11) is 3.39. The molecule has 5 rings (SSSR count). The molecule has 0 atom stereocenters. The fraction of sp³-hybridized carbons (Fsp3) is 0.333. The molecule has 0 N–H and O–H groups in total. The van der Waals surface area contributed by atoms with Crippen molar-refractivity contribution in [3.63, 3.8) is 0 Å². The zero-order valence-corrected chi connectivity index (χ0v) is 19.8. The summed E-state index contributed by atoms with van der Waals surface area (Å²) in [6, 6.07) is 17.9. The van der Waals surface area contributed by atoms with Gasteiger partial charge in [-0.2, -0.15) is 0 Å². The van der Waals surface area contributed by atoms with Crippen LogP contribution in [0.3, 0.4) is 0 Å². The summed E-state index contributed by atoms with van der Waals surface area (Å²) in [6.45, 7) is 10.1. The lowest BCUT2D eigenvalue weighted by atomic mass is 9.89. The minimum absolute atomic E-state index is 0.00685. The van der Waals surface area contributed by atoms with Gasteiger partial charge in [0, 0.05) is 30.4 Å². The van der Waals surface area contributed by atoms with E-state index in [9.17, 15) is 4.79 Å². The average molecular weight is 431 g/mol. The number of nitrogens with zero attached hydrogens (tertiary/aromatic N) is 2. The van der Waals surface area contributed by atoms with Gasteiger partial charge in [-0.15, -0.1) is 0 Å². The summed E-state index contributed by atoms with van der Waals surface area (Å²) in [5, 5.41) is 3.94. The highest BCUT2D eigenvalue weighted by atomic mass is 16.5. The van der Waals surface area contributed by atoms with Crippen LogP contribution in [0.25, 0.3) is 38.2 Å². The number of methoxy groups -OCH3 is 2. The van der Waals surface area contributed by atoms with Crippen molar-refractivity contribution in [1.29, 1.82) is 0 Å². The largest absolute Gasteiger partial charge is 0.376 e. The van der Waals surface area contributed by atoms with Crippen molar-refractivity contribution in [2.45, 2.75) is 45.8 Å². The molecule has 0 unspecified atom stereocenters. The van der Waals surface area contributed by atoms with E-state index in [-0.39, 0.29) is 16.8 Å².